The van der Waals surface area contributed by atoms with E-state index in [2.05, 4.69) is 15.3 Å². The zero-order chi connectivity index (χ0) is 17.7. The first-order chi connectivity index (χ1) is 12.1. The molecule has 0 unspecified atom stereocenters. The summed E-state index contributed by atoms with van der Waals surface area (Å²) in [6.07, 6.45) is 8.31. The maximum atomic E-state index is 12.7. The molecule has 0 aromatic carbocycles. The molecule has 7 nitrogen and oxygen atoms in total. The fourth-order valence-corrected chi connectivity index (χ4v) is 5.64. The smallest absolute Gasteiger partial charge is 0.271 e. The van der Waals surface area contributed by atoms with Crippen molar-refractivity contribution in [1.29, 1.82) is 0 Å². The van der Waals surface area contributed by atoms with E-state index in [1.54, 1.807) is 16.4 Å². The van der Waals surface area contributed by atoms with Gasteiger partial charge in [-0.15, -0.1) is 11.3 Å². The minimum absolute atomic E-state index is 0.233. The molecule has 25 heavy (non-hydrogen) atoms. The van der Waals surface area contributed by atoms with Gasteiger partial charge >= 0.3 is 0 Å². The lowest BCUT2D eigenvalue weighted by molar-refractivity contribution is 0.0946. The normalized spacial score (nSPS) is 16.3. The first-order valence-electron chi connectivity index (χ1n) is 8.20. The quantitative estimate of drug-likeness (QED) is 0.857. The van der Waals surface area contributed by atoms with Crippen LogP contribution in [0.25, 0.3) is 0 Å². The number of amides is 1. The zero-order valence-corrected chi connectivity index (χ0v) is 15.4. The number of nitrogens with one attached hydrogen (secondary N) is 1. The average molecular weight is 380 g/mol. The largest absolute Gasteiger partial charge is 0.346 e. The summed E-state index contributed by atoms with van der Waals surface area (Å²) in [5, 5.41) is 2.73. The Bertz CT molecular complexity index is 813. The lowest BCUT2D eigenvalue weighted by Gasteiger charge is -2.18. The van der Waals surface area contributed by atoms with Crippen LogP contribution in [0, 0.1) is 0 Å². The van der Waals surface area contributed by atoms with Gasteiger partial charge in [-0.25, -0.2) is 13.4 Å². The topological polar surface area (TPSA) is 92.3 Å². The summed E-state index contributed by atoms with van der Waals surface area (Å²) in [5.74, 6) is -0.335. The minimum atomic E-state index is -3.44. The van der Waals surface area contributed by atoms with Crippen molar-refractivity contribution in [2.24, 2.45) is 0 Å². The molecule has 2 aromatic rings. The Hall–Kier alpha value is -1.84. The number of hydrogen-bond donors (Lipinski definition) is 1. The highest BCUT2D eigenvalue weighted by Crippen LogP contribution is 2.26. The van der Waals surface area contributed by atoms with Crippen LogP contribution in [0.15, 0.2) is 34.9 Å². The second-order valence-electron chi connectivity index (χ2n) is 5.81. The van der Waals surface area contributed by atoms with Crippen LogP contribution in [0.2, 0.25) is 0 Å². The highest BCUT2D eigenvalue weighted by molar-refractivity contribution is 7.91. The Morgan fingerprint density at radius 3 is 2.60 bits per heavy atom. The molecular weight excluding hydrogens is 360 g/mol. The van der Waals surface area contributed by atoms with Crippen molar-refractivity contribution in [3.05, 3.63) is 41.3 Å². The van der Waals surface area contributed by atoms with Crippen LogP contribution < -0.4 is 5.32 Å². The van der Waals surface area contributed by atoms with Crippen LogP contribution in [0.1, 0.15) is 41.0 Å². The molecule has 0 aliphatic carbocycles. The Kier molecular flexibility index (Phi) is 5.77. The van der Waals surface area contributed by atoms with Crippen molar-refractivity contribution < 1.29 is 13.2 Å². The van der Waals surface area contributed by atoms with E-state index in [9.17, 15) is 13.2 Å². The molecule has 1 fully saturated rings. The second-order valence-corrected chi connectivity index (χ2v) is 9.15. The maximum Gasteiger partial charge on any atom is 0.271 e. The molecule has 0 bridgehead atoms. The van der Waals surface area contributed by atoms with Crippen molar-refractivity contribution in [2.75, 3.05) is 13.1 Å². The monoisotopic (exact) mass is 380 g/mol. The molecule has 1 amide bonds. The van der Waals surface area contributed by atoms with Crippen LogP contribution in [0.4, 0.5) is 0 Å². The van der Waals surface area contributed by atoms with E-state index in [0.29, 0.717) is 17.3 Å². The number of carbonyl (C=O) groups is 1. The highest BCUT2D eigenvalue weighted by atomic mass is 32.2. The van der Waals surface area contributed by atoms with Gasteiger partial charge in [0.2, 0.25) is 0 Å². The number of nitrogens with zero attached hydrogens (tertiary/aromatic N) is 3. The number of thiophene rings is 1. The third kappa shape index (κ3) is 4.42. The highest BCUT2D eigenvalue weighted by Gasteiger charge is 2.26. The van der Waals surface area contributed by atoms with E-state index < -0.39 is 10.0 Å². The van der Waals surface area contributed by atoms with Gasteiger partial charge in [-0.3, -0.25) is 9.78 Å². The Balaban J connectivity index is 1.64. The first-order valence-corrected chi connectivity index (χ1v) is 10.5. The molecule has 1 aliphatic heterocycles. The predicted octanol–water partition coefficient (Wildman–Crippen LogP) is 2.03. The van der Waals surface area contributed by atoms with E-state index in [-0.39, 0.29) is 18.1 Å². The summed E-state index contributed by atoms with van der Waals surface area (Å²) in [7, 11) is -3.44. The molecule has 1 aliphatic rings. The summed E-state index contributed by atoms with van der Waals surface area (Å²) in [4.78, 5) is 20.5. The third-order valence-corrected chi connectivity index (χ3v) is 7.47. The van der Waals surface area contributed by atoms with Gasteiger partial charge in [0.25, 0.3) is 15.9 Å². The summed E-state index contributed by atoms with van der Waals surface area (Å²) < 4.78 is 27.4. The lowest BCUT2D eigenvalue weighted by Crippen LogP contribution is -2.31. The number of carbonyl (C=O) groups excluding carboxylic acids is 1. The number of aromatic nitrogens is 2. The van der Waals surface area contributed by atoms with Gasteiger partial charge in [0.1, 0.15) is 9.90 Å². The molecule has 0 radical (unpaired) electrons. The molecule has 1 saturated heterocycles. The molecule has 1 N–H and O–H groups in total. The SMILES string of the molecule is O=C(NCc1ccc(S(=O)(=O)N2CCCCCC2)s1)c1cnccn1. The zero-order valence-electron chi connectivity index (χ0n) is 13.7. The average Bonchev–Trinajstić information content (AvgIpc) is 2.94. The Morgan fingerprint density at radius 2 is 1.92 bits per heavy atom. The molecule has 2 aromatic heterocycles. The first kappa shape index (κ1) is 18.0. The summed E-state index contributed by atoms with van der Waals surface area (Å²) in [5.41, 5.74) is 0.233. The molecule has 9 heteroatoms. The van der Waals surface area contributed by atoms with Crippen molar-refractivity contribution in [1.82, 2.24) is 19.6 Å². The molecule has 3 rings (SSSR count). The Labute approximate surface area is 151 Å². The second kappa shape index (κ2) is 8.03. The van der Waals surface area contributed by atoms with Gasteiger partial charge < -0.3 is 5.32 Å². The van der Waals surface area contributed by atoms with Gasteiger partial charge in [0, 0.05) is 30.4 Å². The van der Waals surface area contributed by atoms with Crippen molar-refractivity contribution in [3.8, 4) is 0 Å². The third-order valence-electron chi connectivity index (χ3n) is 4.02. The molecule has 3 heterocycles. The van der Waals surface area contributed by atoms with Gasteiger partial charge in [-0.1, -0.05) is 12.8 Å². The number of hydrogen-bond acceptors (Lipinski definition) is 6. The van der Waals surface area contributed by atoms with E-state index >= 15 is 0 Å². The fraction of sp³-hybridized carbons (Fsp3) is 0.438. The summed E-state index contributed by atoms with van der Waals surface area (Å²) >= 11 is 1.20. The van der Waals surface area contributed by atoms with Crippen molar-refractivity contribution >= 4 is 27.3 Å². The van der Waals surface area contributed by atoms with Gasteiger partial charge in [0.15, 0.2) is 0 Å². The molecule has 0 spiro atoms. The summed E-state index contributed by atoms with van der Waals surface area (Å²) in [6, 6.07) is 3.36. The van der Waals surface area contributed by atoms with Crippen LogP contribution in [-0.4, -0.2) is 41.7 Å². The van der Waals surface area contributed by atoms with Crippen LogP contribution in [-0.2, 0) is 16.6 Å². The fourth-order valence-electron chi connectivity index (χ4n) is 2.68. The van der Waals surface area contributed by atoms with E-state index in [4.69, 9.17) is 0 Å². The van der Waals surface area contributed by atoms with Crippen molar-refractivity contribution in [3.63, 3.8) is 0 Å². The standard InChI is InChI=1S/C16H20N4O3S2/c21-16(14-12-17-7-8-18-14)19-11-13-5-6-15(24-13)25(22,23)20-9-3-1-2-4-10-20/h5-8,12H,1-4,9-11H2,(H,19,21). The van der Waals surface area contributed by atoms with Crippen LogP contribution >= 0.6 is 11.3 Å². The maximum absolute atomic E-state index is 12.7. The van der Waals surface area contributed by atoms with E-state index in [0.717, 1.165) is 30.6 Å². The predicted molar refractivity (Wildman–Crippen MR) is 94.7 cm³/mol. The van der Waals surface area contributed by atoms with E-state index in [1.807, 2.05) is 0 Å². The Morgan fingerprint density at radius 1 is 1.16 bits per heavy atom. The van der Waals surface area contributed by atoms with Crippen molar-refractivity contribution in [2.45, 2.75) is 36.4 Å². The molecule has 0 saturated carbocycles. The lowest BCUT2D eigenvalue weighted by atomic mass is 10.2. The van der Waals surface area contributed by atoms with Gasteiger partial charge in [-0.2, -0.15) is 4.31 Å². The van der Waals surface area contributed by atoms with Gasteiger partial charge in [-0.05, 0) is 25.0 Å². The molecular formula is C16H20N4O3S2. The van der Waals surface area contributed by atoms with Gasteiger partial charge in [0.05, 0.1) is 12.7 Å². The number of sulfonamides is 1. The number of rotatable bonds is 5. The minimum Gasteiger partial charge on any atom is -0.346 e. The van der Waals surface area contributed by atoms with E-state index in [1.165, 1.54) is 29.9 Å². The van der Waals surface area contributed by atoms with Crippen LogP contribution in [0.5, 0.6) is 0 Å². The van der Waals surface area contributed by atoms with Crippen LogP contribution in [0.3, 0.4) is 0 Å². The molecule has 0 atom stereocenters. The summed E-state index contributed by atoms with van der Waals surface area (Å²) in [6.45, 7) is 1.42. The molecule has 134 valence electrons.